The second-order valence-corrected chi connectivity index (χ2v) is 8.78. The van der Waals surface area contributed by atoms with Crippen LogP contribution in [0.5, 0.6) is 0 Å². The topological polar surface area (TPSA) is 46.2 Å². The normalized spacial score (nSPS) is 25.9. The van der Waals surface area contributed by atoms with Crippen LogP contribution in [0.4, 0.5) is 0 Å². The highest BCUT2D eigenvalue weighted by Gasteiger charge is 2.48. The molecule has 1 aliphatic carbocycles. The van der Waals surface area contributed by atoms with Crippen LogP contribution in [0, 0.1) is 5.41 Å². The number of hydrogen-bond donors (Lipinski definition) is 1. The van der Waals surface area contributed by atoms with Gasteiger partial charge in [-0.25, -0.2) is 13.1 Å². The first-order valence-electron chi connectivity index (χ1n) is 5.76. The lowest BCUT2D eigenvalue weighted by Crippen LogP contribution is -2.59. The highest BCUT2D eigenvalue weighted by Crippen LogP contribution is 2.44. The lowest BCUT2D eigenvalue weighted by Gasteiger charge is -2.48. The summed E-state index contributed by atoms with van der Waals surface area (Å²) in [5.41, 5.74) is -0.238. The fourth-order valence-electron chi connectivity index (χ4n) is 1.97. The first-order chi connectivity index (χ1) is 8.64. The summed E-state index contributed by atoms with van der Waals surface area (Å²) in [5, 5.41) is 0.473. The summed E-state index contributed by atoms with van der Waals surface area (Å²) in [6.45, 7) is 3.91. The molecule has 0 saturated heterocycles. The number of sulfonamides is 1. The van der Waals surface area contributed by atoms with Gasteiger partial charge in [0, 0.05) is 15.9 Å². The van der Waals surface area contributed by atoms with E-state index in [0.717, 1.165) is 0 Å². The van der Waals surface area contributed by atoms with Gasteiger partial charge in [0.15, 0.2) is 0 Å². The van der Waals surface area contributed by atoms with Crippen molar-refractivity contribution in [1.29, 1.82) is 0 Å². The Morgan fingerprint density at radius 1 is 1.42 bits per heavy atom. The smallest absolute Gasteiger partial charge is 0.207 e. The average molecular weight is 387 g/mol. The zero-order valence-corrected chi connectivity index (χ0v) is 14.4. The van der Waals surface area contributed by atoms with Gasteiger partial charge in [-0.3, -0.25) is 0 Å². The maximum Gasteiger partial charge on any atom is 0.240 e. The van der Waals surface area contributed by atoms with Gasteiger partial charge in [-0.05, 0) is 46.0 Å². The van der Waals surface area contributed by atoms with Crippen molar-refractivity contribution in [3.05, 3.63) is 27.7 Å². The van der Waals surface area contributed by atoms with E-state index in [0.29, 0.717) is 15.9 Å². The van der Waals surface area contributed by atoms with E-state index in [2.05, 4.69) is 20.7 Å². The van der Waals surface area contributed by atoms with Crippen LogP contribution in [0.1, 0.15) is 20.3 Å². The summed E-state index contributed by atoms with van der Waals surface area (Å²) >= 11 is 15.2. The van der Waals surface area contributed by atoms with Crippen LogP contribution < -0.4 is 4.72 Å². The van der Waals surface area contributed by atoms with Gasteiger partial charge in [-0.2, -0.15) is 0 Å². The van der Waals surface area contributed by atoms with Gasteiger partial charge in [0.2, 0.25) is 10.0 Å². The highest BCUT2D eigenvalue weighted by molar-refractivity contribution is 9.10. The lowest BCUT2D eigenvalue weighted by molar-refractivity contribution is 0.137. The first-order valence-corrected chi connectivity index (χ1v) is 8.85. The maximum absolute atomic E-state index is 12.3. The molecule has 0 bridgehead atoms. The van der Waals surface area contributed by atoms with Gasteiger partial charge in [0.1, 0.15) is 0 Å². The molecule has 2 rings (SSSR count). The largest absolute Gasteiger partial charge is 0.240 e. The molecule has 2 unspecified atom stereocenters. The zero-order chi connectivity index (χ0) is 14.4. The molecule has 0 spiro atoms. The lowest BCUT2D eigenvalue weighted by atomic mass is 9.67. The molecule has 2 atom stereocenters. The predicted molar refractivity (Wildman–Crippen MR) is 81.3 cm³/mol. The molecule has 1 aromatic carbocycles. The summed E-state index contributed by atoms with van der Waals surface area (Å²) in [6.07, 6.45) is 0.641. The van der Waals surface area contributed by atoms with Gasteiger partial charge >= 0.3 is 0 Å². The molecule has 1 saturated carbocycles. The summed E-state index contributed by atoms with van der Waals surface area (Å²) in [6, 6.07) is 4.39. The quantitative estimate of drug-likeness (QED) is 0.803. The minimum absolute atomic E-state index is 0.00264. The number of hydrogen-bond acceptors (Lipinski definition) is 2. The van der Waals surface area contributed by atoms with E-state index in [9.17, 15) is 8.42 Å². The van der Waals surface area contributed by atoms with Crippen molar-refractivity contribution in [3.63, 3.8) is 0 Å². The van der Waals surface area contributed by atoms with E-state index in [1.807, 2.05) is 13.8 Å². The fourth-order valence-corrected chi connectivity index (χ4v) is 4.38. The SMILES string of the molecule is CC1(C)C(Cl)CC1NS(=O)(=O)c1ccc(Cl)c(Br)c1. The van der Waals surface area contributed by atoms with Gasteiger partial charge in [-0.15, -0.1) is 11.6 Å². The molecular formula is C12H14BrCl2NO2S. The monoisotopic (exact) mass is 385 g/mol. The van der Waals surface area contributed by atoms with Crippen LogP contribution in [0.2, 0.25) is 5.02 Å². The molecule has 1 aromatic rings. The molecule has 0 aliphatic heterocycles. The van der Waals surface area contributed by atoms with Crippen molar-refractivity contribution in [2.24, 2.45) is 5.41 Å². The molecule has 1 fully saturated rings. The summed E-state index contributed by atoms with van der Waals surface area (Å²) in [5.74, 6) is 0. The number of benzene rings is 1. The second-order valence-electron chi connectivity index (χ2n) is 5.27. The van der Waals surface area contributed by atoms with Crippen LogP contribution in [0.25, 0.3) is 0 Å². The van der Waals surface area contributed by atoms with Gasteiger partial charge < -0.3 is 0 Å². The third-order valence-electron chi connectivity index (χ3n) is 3.65. The molecule has 0 radical (unpaired) electrons. The molecule has 0 aromatic heterocycles. The Bertz CT molecular complexity index is 604. The Hall–Kier alpha value is 0.190. The number of halogens is 3. The van der Waals surface area contributed by atoms with Crippen molar-refractivity contribution >= 4 is 49.2 Å². The zero-order valence-electron chi connectivity index (χ0n) is 10.5. The fraction of sp³-hybridized carbons (Fsp3) is 0.500. The number of nitrogens with one attached hydrogen (secondary N) is 1. The van der Waals surface area contributed by atoms with E-state index in [1.54, 1.807) is 6.07 Å². The molecule has 1 aliphatic rings. The van der Waals surface area contributed by atoms with Crippen molar-refractivity contribution in [1.82, 2.24) is 4.72 Å². The Morgan fingerprint density at radius 2 is 2.05 bits per heavy atom. The minimum Gasteiger partial charge on any atom is -0.207 e. The standard InChI is InChI=1S/C12H14BrCl2NO2S/c1-12(2)10(15)6-11(12)16-19(17,18)7-3-4-9(14)8(13)5-7/h3-5,10-11,16H,6H2,1-2H3. The first kappa shape index (κ1) is 15.6. The van der Waals surface area contributed by atoms with Crippen LogP contribution in [-0.4, -0.2) is 19.8 Å². The van der Waals surface area contributed by atoms with Crippen LogP contribution >= 0.6 is 39.1 Å². The van der Waals surface area contributed by atoms with E-state index < -0.39 is 10.0 Å². The molecule has 0 amide bonds. The number of rotatable bonds is 3. The molecule has 3 nitrogen and oxygen atoms in total. The maximum atomic E-state index is 12.3. The van der Waals surface area contributed by atoms with Crippen molar-refractivity contribution in [3.8, 4) is 0 Å². The third-order valence-corrected chi connectivity index (χ3v) is 7.07. The highest BCUT2D eigenvalue weighted by atomic mass is 79.9. The van der Waals surface area contributed by atoms with Gasteiger partial charge in [0.25, 0.3) is 0 Å². The van der Waals surface area contributed by atoms with Crippen molar-refractivity contribution < 1.29 is 8.42 Å². The summed E-state index contributed by atoms with van der Waals surface area (Å²) < 4.78 is 27.8. The Balaban J connectivity index is 2.22. The molecule has 106 valence electrons. The van der Waals surface area contributed by atoms with Crippen molar-refractivity contribution in [2.45, 2.75) is 36.6 Å². The van der Waals surface area contributed by atoms with Crippen LogP contribution in [-0.2, 0) is 10.0 Å². The summed E-state index contributed by atoms with van der Waals surface area (Å²) in [7, 11) is -3.55. The molecule has 19 heavy (non-hydrogen) atoms. The summed E-state index contributed by atoms with van der Waals surface area (Å²) in [4.78, 5) is 0.192. The van der Waals surface area contributed by atoms with Gasteiger partial charge in [0.05, 0.1) is 9.92 Å². The van der Waals surface area contributed by atoms with E-state index in [-0.39, 0.29) is 21.7 Å². The molecular weight excluding hydrogens is 373 g/mol. The second kappa shape index (κ2) is 5.19. The minimum atomic E-state index is -3.55. The molecule has 7 heteroatoms. The van der Waals surface area contributed by atoms with E-state index in [1.165, 1.54) is 12.1 Å². The molecule has 0 heterocycles. The Morgan fingerprint density at radius 3 is 2.53 bits per heavy atom. The van der Waals surface area contributed by atoms with E-state index in [4.69, 9.17) is 23.2 Å². The van der Waals surface area contributed by atoms with E-state index >= 15 is 0 Å². The molecule has 1 N–H and O–H groups in total. The van der Waals surface area contributed by atoms with Crippen LogP contribution in [0.15, 0.2) is 27.6 Å². The van der Waals surface area contributed by atoms with Gasteiger partial charge in [-0.1, -0.05) is 25.4 Å². The Kier molecular flexibility index (Phi) is 4.25. The Labute approximate surface area is 131 Å². The van der Waals surface area contributed by atoms with Crippen LogP contribution in [0.3, 0.4) is 0 Å². The average Bonchev–Trinajstić information content (AvgIpc) is 2.32. The predicted octanol–water partition coefficient (Wildman–Crippen LogP) is 3.79. The van der Waals surface area contributed by atoms with Crippen molar-refractivity contribution in [2.75, 3.05) is 0 Å². The third kappa shape index (κ3) is 2.95. The number of alkyl halides is 1.